The highest BCUT2D eigenvalue weighted by Gasteiger charge is 2.27. The van der Waals surface area contributed by atoms with Crippen molar-refractivity contribution in [3.8, 4) is 0 Å². The third-order valence-corrected chi connectivity index (χ3v) is 4.03. The Labute approximate surface area is 102 Å². The van der Waals surface area contributed by atoms with E-state index >= 15 is 0 Å². The molecular formula is C14H30N2. The summed E-state index contributed by atoms with van der Waals surface area (Å²) in [7, 11) is 2.07. The van der Waals surface area contributed by atoms with Crippen molar-refractivity contribution in [2.45, 2.75) is 53.0 Å². The van der Waals surface area contributed by atoms with Gasteiger partial charge in [0.1, 0.15) is 0 Å². The zero-order chi connectivity index (χ0) is 12.2. The van der Waals surface area contributed by atoms with Gasteiger partial charge in [0.15, 0.2) is 0 Å². The van der Waals surface area contributed by atoms with E-state index in [-0.39, 0.29) is 0 Å². The van der Waals surface area contributed by atoms with E-state index in [9.17, 15) is 0 Å². The Bertz CT molecular complexity index is 199. The molecule has 1 aliphatic heterocycles. The molecule has 0 aromatic rings. The number of hydrogen-bond donors (Lipinski definition) is 1. The van der Waals surface area contributed by atoms with Crippen LogP contribution in [0, 0.1) is 11.3 Å². The maximum absolute atomic E-state index is 3.35. The van der Waals surface area contributed by atoms with E-state index in [4.69, 9.17) is 0 Å². The first-order chi connectivity index (χ1) is 7.46. The fourth-order valence-corrected chi connectivity index (χ4v) is 2.77. The lowest BCUT2D eigenvalue weighted by Crippen LogP contribution is -2.45. The maximum atomic E-state index is 3.35. The van der Waals surface area contributed by atoms with Gasteiger partial charge in [-0.3, -0.25) is 4.90 Å². The Morgan fingerprint density at radius 1 is 1.19 bits per heavy atom. The average Bonchev–Trinajstić information content (AvgIpc) is 2.35. The van der Waals surface area contributed by atoms with Gasteiger partial charge in [0.2, 0.25) is 0 Å². The number of nitrogens with zero attached hydrogens (tertiary/aromatic N) is 1. The van der Waals surface area contributed by atoms with Gasteiger partial charge in [-0.15, -0.1) is 0 Å². The lowest BCUT2D eigenvalue weighted by molar-refractivity contribution is 0.153. The summed E-state index contributed by atoms with van der Waals surface area (Å²) in [5.74, 6) is 0.744. The van der Waals surface area contributed by atoms with Crippen LogP contribution in [0.3, 0.4) is 0 Å². The number of likely N-dealkylation sites (tertiary alicyclic amines) is 1. The van der Waals surface area contributed by atoms with E-state index in [1.165, 1.54) is 32.4 Å². The summed E-state index contributed by atoms with van der Waals surface area (Å²) in [5, 5.41) is 3.35. The zero-order valence-electron chi connectivity index (χ0n) is 11.8. The number of nitrogens with one attached hydrogen (secondary N) is 1. The van der Waals surface area contributed by atoms with Crippen LogP contribution in [-0.2, 0) is 0 Å². The molecule has 1 heterocycles. The highest BCUT2D eigenvalue weighted by molar-refractivity contribution is 4.82. The minimum Gasteiger partial charge on any atom is -0.318 e. The van der Waals surface area contributed by atoms with Crippen molar-refractivity contribution in [2.24, 2.45) is 11.3 Å². The largest absolute Gasteiger partial charge is 0.318 e. The minimum absolute atomic E-state index is 0.552. The predicted octanol–water partition coefficient (Wildman–Crippen LogP) is 2.74. The molecule has 2 heteroatoms. The quantitative estimate of drug-likeness (QED) is 0.793. The standard InChI is InChI=1S/C14H30N2/c1-12(2)13(11-15-5)16-9-6-7-14(3,4)8-10-16/h12-13,15H,6-11H2,1-5H3. The summed E-state index contributed by atoms with van der Waals surface area (Å²) in [6.07, 6.45) is 4.09. The molecule has 96 valence electrons. The molecule has 1 aliphatic rings. The number of hydrogen-bond acceptors (Lipinski definition) is 2. The fourth-order valence-electron chi connectivity index (χ4n) is 2.77. The van der Waals surface area contributed by atoms with Crippen molar-refractivity contribution in [3.05, 3.63) is 0 Å². The molecule has 1 saturated heterocycles. The topological polar surface area (TPSA) is 15.3 Å². The first-order valence-corrected chi connectivity index (χ1v) is 6.85. The van der Waals surface area contributed by atoms with Gasteiger partial charge in [0.25, 0.3) is 0 Å². The molecule has 0 radical (unpaired) electrons. The SMILES string of the molecule is CNCC(C(C)C)N1CCCC(C)(C)CC1. The minimum atomic E-state index is 0.552. The van der Waals surface area contributed by atoms with Gasteiger partial charge < -0.3 is 5.32 Å². The summed E-state index contributed by atoms with van der Waals surface area (Å²) in [6, 6.07) is 0.707. The van der Waals surface area contributed by atoms with Crippen molar-refractivity contribution in [3.63, 3.8) is 0 Å². The van der Waals surface area contributed by atoms with Crippen LogP contribution in [0.15, 0.2) is 0 Å². The van der Waals surface area contributed by atoms with Crippen LogP contribution in [0.2, 0.25) is 0 Å². The van der Waals surface area contributed by atoms with Gasteiger partial charge in [-0.05, 0) is 50.7 Å². The molecule has 1 rings (SSSR count). The van der Waals surface area contributed by atoms with Gasteiger partial charge >= 0.3 is 0 Å². The maximum Gasteiger partial charge on any atom is 0.0243 e. The first-order valence-electron chi connectivity index (χ1n) is 6.85. The van der Waals surface area contributed by atoms with E-state index in [0.29, 0.717) is 11.5 Å². The Kier molecular flexibility index (Phi) is 5.26. The second-order valence-corrected chi connectivity index (χ2v) is 6.42. The average molecular weight is 226 g/mol. The summed E-state index contributed by atoms with van der Waals surface area (Å²) < 4.78 is 0. The van der Waals surface area contributed by atoms with Crippen LogP contribution in [-0.4, -0.2) is 37.6 Å². The molecule has 16 heavy (non-hydrogen) atoms. The highest BCUT2D eigenvalue weighted by Crippen LogP contribution is 2.31. The fraction of sp³-hybridized carbons (Fsp3) is 1.00. The number of rotatable bonds is 4. The third kappa shape index (κ3) is 4.06. The molecule has 0 aromatic carbocycles. The smallest absolute Gasteiger partial charge is 0.0243 e. The molecular weight excluding hydrogens is 196 g/mol. The summed E-state index contributed by atoms with van der Waals surface area (Å²) in [4.78, 5) is 2.70. The molecule has 1 N–H and O–H groups in total. The third-order valence-electron chi connectivity index (χ3n) is 4.03. The van der Waals surface area contributed by atoms with Crippen LogP contribution >= 0.6 is 0 Å². The predicted molar refractivity (Wildman–Crippen MR) is 71.8 cm³/mol. The van der Waals surface area contributed by atoms with Gasteiger partial charge in [-0.25, -0.2) is 0 Å². The zero-order valence-corrected chi connectivity index (χ0v) is 11.8. The van der Waals surface area contributed by atoms with Crippen molar-refractivity contribution in [1.82, 2.24) is 10.2 Å². The van der Waals surface area contributed by atoms with Gasteiger partial charge in [-0.1, -0.05) is 27.7 Å². The van der Waals surface area contributed by atoms with Gasteiger partial charge in [0.05, 0.1) is 0 Å². The Morgan fingerprint density at radius 2 is 1.88 bits per heavy atom. The second kappa shape index (κ2) is 6.02. The molecule has 0 spiro atoms. The van der Waals surface area contributed by atoms with Crippen molar-refractivity contribution >= 4 is 0 Å². The van der Waals surface area contributed by atoms with Gasteiger partial charge in [-0.2, -0.15) is 0 Å². The molecule has 0 aliphatic carbocycles. The van der Waals surface area contributed by atoms with Crippen molar-refractivity contribution in [2.75, 3.05) is 26.7 Å². The van der Waals surface area contributed by atoms with Crippen LogP contribution in [0.4, 0.5) is 0 Å². The monoisotopic (exact) mass is 226 g/mol. The second-order valence-electron chi connectivity index (χ2n) is 6.42. The lowest BCUT2D eigenvalue weighted by Gasteiger charge is -2.34. The molecule has 0 aromatic heterocycles. The molecule has 0 bridgehead atoms. The summed E-state index contributed by atoms with van der Waals surface area (Å²) >= 11 is 0. The van der Waals surface area contributed by atoms with Gasteiger partial charge in [0, 0.05) is 12.6 Å². The first kappa shape index (κ1) is 14.0. The normalized spacial score (nSPS) is 24.4. The van der Waals surface area contributed by atoms with E-state index < -0.39 is 0 Å². The molecule has 1 fully saturated rings. The van der Waals surface area contributed by atoms with Crippen LogP contribution in [0.1, 0.15) is 47.0 Å². The Morgan fingerprint density at radius 3 is 2.44 bits per heavy atom. The molecule has 0 amide bonds. The van der Waals surface area contributed by atoms with Crippen molar-refractivity contribution in [1.29, 1.82) is 0 Å². The lowest BCUT2D eigenvalue weighted by atomic mass is 9.85. The van der Waals surface area contributed by atoms with Crippen LogP contribution in [0.25, 0.3) is 0 Å². The summed E-state index contributed by atoms with van der Waals surface area (Å²) in [6.45, 7) is 13.2. The highest BCUT2D eigenvalue weighted by atomic mass is 15.2. The van der Waals surface area contributed by atoms with Crippen LogP contribution in [0.5, 0.6) is 0 Å². The Balaban J connectivity index is 2.57. The van der Waals surface area contributed by atoms with Crippen LogP contribution < -0.4 is 5.32 Å². The van der Waals surface area contributed by atoms with Crippen molar-refractivity contribution < 1.29 is 0 Å². The van der Waals surface area contributed by atoms with E-state index in [1.807, 2.05) is 0 Å². The number of likely N-dealkylation sites (N-methyl/N-ethyl adjacent to an activating group) is 1. The van der Waals surface area contributed by atoms with E-state index in [0.717, 1.165) is 12.5 Å². The summed E-state index contributed by atoms with van der Waals surface area (Å²) in [5.41, 5.74) is 0.552. The molecule has 2 nitrogen and oxygen atoms in total. The van der Waals surface area contributed by atoms with E-state index in [2.05, 4.69) is 45.0 Å². The molecule has 1 unspecified atom stereocenters. The molecule has 1 atom stereocenters. The Hall–Kier alpha value is -0.0800. The molecule has 0 saturated carbocycles. The van der Waals surface area contributed by atoms with E-state index in [1.54, 1.807) is 0 Å².